The van der Waals surface area contributed by atoms with Crippen molar-refractivity contribution in [2.45, 2.75) is 43.0 Å². The van der Waals surface area contributed by atoms with Crippen molar-refractivity contribution in [3.63, 3.8) is 0 Å². The number of aliphatic hydroxyl groups excluding tert-OH is 1. The minimum absolute atomic E-state index is 0.0165. The molecule has 0 saturated carbocycles. The predicted molar refractivity (Wildman–Crippen MR) is 56.9 cm³/mol. The number of fused-ring (bicyclic) bond motifs is 1. The molecule has 2 aliphatic rings. The van der Waals surface area contributed by atoms with Crippen molar-refractivity contribution in [2.75, 3.05) is 0 Å². The van der Waals surface area contributed by atoms with Crippen LogP contribution in [0.3, 0.4) is 0 Å². The Morgan fingerprint density at radius 3 is 2.73 bits per heavy atom. The first-order chi connectivity index (χ1) is 6.90. The maximum atomic E-state index is 11.7. The van der Waals surface area contributed by atoms with E-state index in [1.54, 1.807) is 23.6 Å². The first-order valence-corrected chi connectivity index (χ1v) is 5.86. The van der Waals surface area contributed by atoms with E-state index >= 15 is 0 Å². The van der Waals surface area contributed by atoms with Gasteiger partial charge in [-0.15, -0.1) is 11.8 Å². The fraction of sp³-hybridized carbons (Fsp3) is 0.800. The second-order valence-electron chi connectivity index (χ2n) is 4.66. The van der Waals surface area contributed by atoms with Crippen LogP contribution in [0.4, 0.5) is 0 Å². The number of rotatable bonds is 1. The number of aliphatic hydroxyl groups is 1. The summed E-state index contributed by atoms with van der Waals surface area (Å²) in [5.74, 6) is -0.410. The third-order valence-corrected chi connectivity index (χ3v) is 4.72. The zero-order valence-electron chi connectivity index (χ0n) is 8.97. The average molecular weight is 226 g/mol. The van der Waals surface area contributed by atoms with Gasteiger partial charge in [-0.2, -0.15) is 5.26 Å². The lowest BCUT2D eigenvalue weighted by molar-refractivity contribution is -0.157. The highest BCUT2D eigenvalue weighted by molar-refractivity contribution is 8.01. The zero-order chi connectivity index (χ0) is 11.4. The van der Waals surface area contributed by atoms with Gasteiger partial charge in [0.15, 0.2) is 0 Å². The second-order valence-corrected chi connectivity index (χ2v) is 6.43. The van der Waals surface area contributed by atoms with Crippen molar-refractivity contribution >= 4 is 17.7 Å². The van der Waals surface area contributed by atoms with Crippen molar-refractivity contribution < 1.29 is 9.90 Å². The van der Waals surface area contributed by atoms with Gasteiger partial charge in [0, 0.05) is 4.75 Å². The van der Waals surface area contributed by atoms with E-state index in [1.165, 1.54) is 0 Å². The summed E-state index contributed by atoms with van der Waals surface area (Å²) in [6.45, 7) is 5.57. The molecule has 4 nitrogen and oxygen atoms in total. The van der Waals surface area contributed by atoms with E-state index in [2.05, 4.69) is 6.07 Å². The van der Waals surface area contributed by atoms with Crippen molar-refractivity contribution in [3.8, 4) is 6.07 Å². The lowest BCUT2D eigenvalue weighted by Gasteiger charge is -2.44. The molecular formula is C10H14N2O2S. The van der Waals surface area contributed by atoms with Gasteiger partial charge in [0.2, 0.25) is 5.91 Å². The van der Waals surface area contributed by atoms with Gasteiger partial charge >= 0.3 is 0 Å². The number of hydrogen-bond acceptors (Lipinski definition) is 4. The largest absolute Gasteiger partial charge is 0.392 e. The van der Waals surface area contributed by atoms with Crippen LogP contribution in [0.1, 0.15) is 20.8 Å². The highest BCUT2D eigenvalue weighted by atomic mass is 32.2. The van der Waals surface area contributed by atoms with Gasteiger partial charge in [0.1, 0.15) is 6.04 Å². The third kappa shape index (κ3) is 1.28. The zero-order valence-corrected chi connectivity index (χ0v) is 9.78. The number of nitriles is 1. The standard InChI is InChI=1S/C10H14N2O2S/c1-5(13)7-8(14)12-6(4-11)10(2,3)15-9(7)12/h5-7,9,13H,1-3H3/t5?,6-,7+,9+/m0/s1. The molecule has 1 amide bonds. The molecule has 2 fully saturated rings. The summed E-state index contributed by atoms with van der Waals surface area (Å²) in [7, 11) is 0. The Kier molecular flexibility index (Phi) is 2.25. The maximum Gasteiger partial charge on any atom is 0.233 e. The molecule has 2 saturated heterocycles. The summed E-state index contributed by atoms with van der Waals surface area (Å²) in [5.41, 5.74) is 0. The summed E-state index contributed by atoms with van der Waals surface area (Å²) in [6.07, 6.45) is -0.625. The number of hydrogen-bond donors (Lipinski definition) is 1. The van der Waals surface area contributed by atoms with Gasteiger partial charge in [-0.3, -0.25) is 4.79 Å². The van der Waals surface area contributed by atoms with E-state index in [-0.39, 0.29) is 28.0 Å². The van der Waals surface area contributed by atoms with Gasteiger partial charge in [0.05, 0.1) is 23.5 Å². The predicted octanol–water partition coefficient (Wildman–Crippen LogP) is 0.569. The first kappa shape index (κ1) is 10.8. The SMILES string of the molecule is CC(O)[C@@H]1C(=O)N2[C@@H]1SC(C)(C)[C@@H]2C#N. The van der Waals surface area contributed by atoms with Crippen molar-refractivity contribution in [2.24, 2.45) is 5.92 Å². The number of carbonyl (C=O) groups excluding carboxylic acids is 1. The molecule has 0 radical (unpaired) electrons. The summed E-state index contributed by atoms with van der Waals surface area (Å²) in [4.78, 5) is 13.4. The van der Waals surface area contributed by atoms with Gasteiger partial charge in [-0.05, 0) is 20.8 Å². The second kappa shape index (κ2) is 3.13. The lowest BCUT2D eigenvalue weighted by Crippen LogP contribution is -2.63. The van der Waals surface area contributed by atoms with E-state index < -0.39 is 6.10 Å². The highest BCUT2D eigenvalue weighted by Gasteiger charge is 2.62. The summed E-state index contributed by atoms with van der Waals surface area (Å²) < 4.78 is -0.237. The van der Waals surface area contributed by atoms with Crippen molar-refractivity contribution in [3.05, 3.63) is 0 Å². The molecule has 5 heteroatoms. The van der Waals surface area contributed by atoms with Crippen molar-refractivity contribution in [1.82, 2.24) is 4.90 Å². The number of β-lactam (4-membered cyclic amide) rings is 1. The van der Waals surface area contributed by atoms with Crippen LogP contribution < -0.4 is 0 Å². The number of nitrogens with zero attached hydrogens (tertiary/aromatic N) is 2. The average Bonchev–Trinajstić information content (AvgIpc) is 2.33. The van der Waals surface area contributed by atoms with Crippen LogP contribution in [0.15, 0.2) is 0 Å². The van der Waals surface area contributed by atoms with Crippen LogP contribution in [0, 0.1) is 17.2 Å². The molecule has 1 unspecified atom stereocenters. The minimum Gasteiger partial charge on any atom is -0.392 e. The number of amides is 1. The van der Waals surface area contributed by atoms with E-state index in [9.17, 15) is 9.90 Å². The maximum absolute atomic E-state index is 11.7. The van der Waals surface area contributed by atoms with E-state index in [0.29, 0.717) is 0 Å². The Morgan fingerprint density at radius 2 is 2.27 bits per heavy atom. The molecule has 15 heavy (non-hydrogen) atoms. The fourth-order valence-corrected chi connectivity index (χ4v) is 4.03. The molecule has 0 spiro atoms. The Bertz CT molecular complexity index is 348. The summed E-state index contributed by atoms with van der Waals surface area (Å²) in [6, 6.07) is 1.81. The van der Waals surface area contributed by atoms with Gasteiger partial charge in [-0.1, -0.05) is 0 Å². The quantitative estimate of drug-likeness (QED) is 0.664. The molecule has 0 aromatic rings. The number of carbonyl (C=O) groups is 1. The Morgan fingerprint density at radius 1 is 1.67 bits per heavy atom. The molecule has 0 aliphatic carbocycles. The minimum atomic E-state index is -0.625. The van der Waals surface area contributed by atoms with Crippen LogP contribution in [-0.4, -0.2) is 38.2 Å². The van der Waals surface area contributed by atoms with E-state index in [4.69, 9.17) is 5.26 Å². The monoisotopic (exact) mass is 226 g/mol. The number of thioether (sulfide) groups is 1. The van der Waals surface area contributed by atoms with E-state index in [1.807, 2.05) is 13.8 Å². The molecule has 0 bridgehead atoms. The molecule has 2 rings (SSSR count). The molecule has 4 atom stereocenters. The normalized spacial score (nSPS) is 39.3. The molecule has 0 aromatic heterocycles. The highest BCUT2D eigenvalue weighted by Crippen LogP contribution is 2.53. The van der Waals surface area contributed by atoms with Crippen LogP contribution in [0.5, 0.6) is 0 Å². The van der Waals surface area contributed by atoms with Crippen LogP contribution in [0.25, 0.3) is 0 Å². The topological polar surface area (TPSA) is 64.3 Å². The van der Waals surface area contributed by atoms with Gasteiger partial charge < -0.3 is 10.0 Å². The lowest BCUT2D eigenvalue weighted by atomic mass is 9.89. The van der Waals surface area contributed by atoms with Crippen molar-refractivity contribution in [1.29, 1.82) is 5.26 Å². The van der Waals surface area contributed by atoms with Crippen LogP contribution >= 0.6 is 11.8 Å². The molecule has 2 aliphatic heterocycles. The van der Waals surface area contributed by atoms with Crippen LogP contribution in [0.2, 0.25) is 0 Å². The van der Waals surface area contributed by atoms with Gasteiger partial charge in [0.25, 0.3) is 0 Å². The smallest absolute Gasteiger partial charge is 0.233 e. The molecule has 82 valence electrons. The third-order valence-electron chi connectivity index (χ3n) is 3.12. The van der Waals surface area contributed by atoms with Crippen LogP contribution in [-0.2, 0) is 4.79 Å². The Labute approximate surface area is 93.2 Å². The summed E-state index contributed by atoms with van der Waals surface area (Å²) in [5, 5.41) is 18.5. The Hall–Kier alpha value is -0.730. The van der Waals surface area contributed by atoms with E-state index in [0.717, 1.165) is 0 Å². The molecule has 0 aromatic carbocycles. The molecule has 1 N–H and O–H groups in total. The molecular weight excluding hydrogens is 212 g/mol. The fourth-order valence-electron chi connectivity index (χ4n) is 2.29. The Balaban J connectivity index is 2.26. The molecule has 2 heterocycles. The van der Waals surface area contributed by atoms with Gasteiger partial charge in [-0.25, -0.2) is 0 Å². The summed E-state index contributed by atoms with van der Waals surface area (Å²) >= 11 is 1.61. The first-order valence-electron chi connectivity index (χ1n) is 4.98.